The average Bonchev–Trinajstić information content (AvgIpc) is 2.66. The Morgan fingerprint density at radius 2 is 1.74 bits per heavy atom. The van der Waals surface area contributed by atoms with E-state index in [2.05, 4.69) is 0 Å². The van der Waals surface area contributed by atoms with Gasteiger partial charge in [0.2, 0.25) is 0 Å². The molecule has 3 aromatic rings. The van der Waals surface area contributed by atoms with Crippen molar-refractivity contribution < 1.29 is 13.2 Å². The van der Waals surface area contributed by atoms with Crippen molar-refractivity contribution in [2.24, 2.45) is 0 Å². The highest BCUT2D eigenvalue weighted by molar-refractivity contribution is 5.87. The molecule has 1 heterocycles. The summed E-state index contributed by atoms with van der Waals surface area (Å²) in [5.41, 5.74) is 1.37. The van der Waals surface area contributed by atoms with Crippen LogP contribution in [0.1, 0.15) is 48.6 Å². The van der Waals surface area contributed by atoms with Crippen LogP contribution in [0.2, 0.25) is 0 Å². The number of hydrogen-bond acceptors (Lipinski definition) is 2. The summed E-state index contributed by atoms with van der Waals surface area (Å²) in [6, 6.07) is 14.5. The summed E-state index contributed by atoms with van der Waals surface area (Å²) in [5.74, 6) is -3.66. The van der Waals surface area contributed by atoms with Gasteiger partial charge in [-0.1, -0.05) is 61.9 Å². The number of hydrogen-bond donors (Lipinski definition) is 0. The molecule has 4 heteroatoms. The van der Waals surface area contributed by atoms with Gasteiger partial charge in [-0.15, -0.1) is 0 Å². The molecule has 0 aliphatic carbocycles. The minimum atomic E-state index is -3.20. The zero-order chi connectivity index (χ0) is 19.4. The number of rotatable bonds is 7. The molecule has 0 saturated heterocycles. The van der Waals surface area contributed by atoms with E-state index in [1.54, 1.807) is 25.1 Å². The van der Waals surface area contributed by atoms with E-state index in [0.29, 0.717) is 22.8 Å². The first-order valence-electron chi connectivity index (χ1n) is 9.41. The molecular weight excluding hydrogens is 346 g/mol. The maximum Gasteiger partial charge on any atom is 0.344 e. The number of unbranched alkanes of at least 4 members (excludes halogenated alkanes) is 1. The number of fused-ring (bicyclic) bond motifs is 1. The van der Waals surface area contributed by atoms with Crippen molar-refractivity contribution in [2.45, 2.75) is 51.9 Å². The van der Waals surface area contributed by atoms with E-state index in [-0.39, 0.29) is 6.42 Å². The van der Waals surface area contributed by atoms with Gasteiger partial charge in [-0.05, 0) is 42.7 Å². The zero-order valence-electron chi connectivity index (χ0n) is 15.7. The molecule has 0 spiro atoms. The number of alkyl halides is 2. The Labute approximate surface area is 157 Å². The van der Waals surface area contributed by atoms with E-state index in [0.717, 1.165) is 24.0 Å². The van der Waals surface area contributed by atoms with E-state index >= 15 is 8.78 Å². The second kappa shape index (κ2) is 8.03. The Hall–Kier alpha value is -2.49. The second-order valence-electron chi connectivity index (χ2n) is 6.99. The third-order valence-corrected chi connectivity index (χ3v) is 4.95. The predicted molar refractivity (Wildman–Crippen MR) is 104 cm³/mol. The van der Waals surface area contributed by atoms with Gasteiger partial charge in [0.15, 0.2) is 5.76 Å². The second-order valence-corrected chi connectivity index (χ2v) is 6.99. The lowest BCUT2D eigenvalue weighted by Crippen LogP contribution is -2.21. The van der Waals surface area contributed by atoms with Crippen molar-refractivity contribution in [1.29, 1.82) is 0 Å². The first kappa shape index (κ1) is 19.3. The molecule has 1 aromatic heterocycles. The van der Waals surface area contributed by atoms with Gasteiger partial charge in [0.1, 0.15) is 0 Å². The summed E-state index contributed by atoms with van der Waals surface area (Å²) < 4.78 is 35.5. The first-order chi connectivity index (χ1) is 12.9. The molecule has 0 bridgehead atoms. The Morgan fingerprint density at radius 3 is 2.44 bits per heavy atom. The Morgan fingerprint density at radius 1 is 1.00 bits per heavy atom. The fourth-order valence-electron chi connectivity index (χ4n) is 3.47. The maximum absolute atomic E-state index is 15.1. The van der Waals surface area contributed by atoms with Crippen molar-refractivity contribution in [3.63, 3.8) is 0 Å². The van der Waals surface area contributed by atoms with Crippen molar-refractivity contribution in [1.82, 2.24) is 0 Å². The SMILES string of the molecule is CCCCc1c(C(F)(F)CCc2ccccc2)oc(=O)c2c(C)cccc12. The molecule has 2 nitrogen and oxygen atoms in total. The van der Waals surface area contributed by atoms with Crippen LogP contribution in [0.5, 0.6) is 0 Å². The van der Waals surface area contributed by atoms with E-state index < -0.39 is 23.7 Å². The van der Waals surface area contributed by atoms with Crippen LogP contribution in [0.25, 0.3) is 10.8 Å². The molecule has 0 radical (unpaired) electrons. The minimum absolute atomic E-state index is 0.219. The Balaban J connectivity index is 2.07. The average molecular weight is 370 g/mol. The van der Waals surface area contributed by atoms with Crippen molar-refractivity contribution >= 4 is 10.8 Å². The summed E-state index contributed by atoms with van der Waals surface area (Å²) in [4.78, 5) is 12.5. The quantitative estimate of drug-likeness (QED) is 0.498. The highest BCUT2D eigenvalue weighted by Gasteiger charge is 2.38. The van der Waals surface area contributed by atoms with E-state index in [1.807, 2.05) is 37.3 Å². The lowest BCUT2D eigenvalue weighted by molar-refractivity contribution is -0.0371. The van der Waals surface area contributed by atoms with Gasteiger partial charge < -0.3 is 4.42 Å². The molecule has 0 aliphatic heterocycles. The van der Waals surface area contributed by atoms with Crippen LogP contribution < -0.4 is 5.63 Å². The molecule has 0 unspecified atom stereocenters. The van der Waals surface area contributed by atoms with Crippen LogP contribution in [0.15, 0.2) is 57.7 Å². The van der Waals surface area contributed by atoms with Gasteiger partial charge in [-0.2, -0.15) is 8.78 Å². The zero-order valence-corrected chi connectivity index (χ0v) is 15.7. The monoisotopic (exact) mass is 370 g/mol. The predicted octanol–water partition coefficient (Wildman–Crippen LogP) is 6.17. The van der Waals surface area contributed by atoms with Crippen molar-refractivity contribution in [3.8, 4) is 0 Å². The van der Waals surface area contributed by atoms with Crippen molar-refractivity contribution in [3.05, 3.63) is 81.4 Å². The molecule has 142 valence electrons. The molecule has 27 heavy (non-hydrogen) atoms. The van der Waals surface area contributed by atoms with Crippen LogP contribution in [0, 0.1) is 6.92 Å². The summed E-state index contributed by atoms with van der Waals surface area (Å²) in [7, 11) is 0. The minimum Gasteiger partial charge on any atom is -0.421 e. The summed E-state index contributed by atoms with van der Waals surface area (Å²) >= 11 is 0. The summed E-state index contributed by atoms with van der Waals surface area (Å²) in [6.45, 7) is 3.82. The first-order valence-corrected chi connectivity index (χ1v) is 9.41. The van der Waals surface area contributed by atoms with Gasteiger partial charge in [0, 0.05) is 12.0 Å². The summed E-state index contributed by atoms with van der Waals surface area (Å²) in [6.07, 6.45) is 1.93. The molecule has 0 aliphatic rings. The van der Waals surface area contributed by atoms with E-state index in [9.17, 15) is 4.79 Å². The van der Waals surface area contributed by atoms with Gasteiger partial charge in [0.25, 0.3) is 0 Å². The van der Waals surface area contributed by atoms with Gasteiger partial charge in [0.05, 0.1) is 5.39 Å². The molecular formula is C23H24F2O2. The molecule has 0 N–H and O–H groups in total. The molecule has 0 fully saturated rings. The highest BCUT2D eigenvalue weighted by Crippen LogP contribution is 2.38. The van der Waals surface area contributed by atoms with Crippen LogP contribution in [0.3, 0.4) is 0 Å². The molecule has 0 atom stereocenters. The number of benzene rings is 2. The standard InChI is InChI=1S/C23H24F2O2/c1-3-4-12-19-18-13-8-9-16(2)20(18)22(26)27-21(19)23(24,25)15-14-17-10-6-5-7-11-17/h5-11,13H,3-4,12,14-15H2,1-2H3. The maximum atomic E-state index is 15.1. The van der Waals surface area contributed by atoms with E-state index in [1.165, 1.54) is 0 Å². The Kier molecular flexibility index (Phi) is 5.73. The van der Waals surface area contributed by atoms with Crippen LogP contribution in [-0.4, -0.2) is 0 Å². The topological polar surface area (TPSA) is 30.2 Å². The molecule has 2 aromatic carbocycles. The highest BCUT2D eigenvalue weighted by atomic mass is 19.3. The molecule has 0 amide bonds. The molecule has 3 rings (SSSR count). The smallest absolute Gasteiger partial charge is 0.344 e. The van der Waals surface area contributed by atoms with E-state index in [4.69, 9.17) is 4.42 Å². The lowest BCUT2D eigenvalue weighted by Gasteiger charge is -2.20. The van der Waals surface area contributed by atoms with Crippen LogP contribution in [0.4, 0.5) is 8.78 Å². The van der Waals surface area contributed by atoms with Gasteiger partial charge in [-0.25, -0.2) is 4.79 Å². The largest absolute Gasteiger partial charge is 0.421 e. The lowest BCUT2D eigenvalue weighted by atomic mass is 9.94. The third-order valence-electron chi connectivity index (χ3n) is 4.95. The number of aryl methyl sites for hydroxylation is 3. The van der Waals surface area contributed by atoms with Crippen molar-refractivity contribution in [2.75, 3.05) is 0 Å². The van der Waals surface area contributed by atoms with Gasteiger partial charge in [-0.3, -0.25) is 0 Å². The fourth-order valence-corrected chi connectivity index (χ4v) is 3.47. The fraction of sp³-hybridized carbons (Fsp3) is 0.348. The molecule has 0 saturated carbocycles. The number of halogens is 2. The van der Waals surface area contributed by atoms with Crippen LogP contribution >= 0.6 is 0 Å². The van der Waals surface area contributed by atoms with Crippen LogP contribution in [-0.2, 0) is 18.8 Å². The van der Waals surface area contributed by atoms with Gasteiger partial charge >= 0.3 is 11.5 Å². The summed E-state index contributed by atoms with van der Waals surface area (Å²) in [5, 5.41) is 1.00. The Bertz CT molecular complexity index is 975. The normalized spacial score (nSPS) is 11.9. The third kappa shape index (κ3) is 4.10.